The molecule has 0 aromatic heterocycles. The van der Waals surface area contributed by atoms with Crippen molar-refractivity contribution < 1.29 is 19.1 Å². The molecule has 4 heteroatoms. The number of cyclic esters (lactones) is 1. The highest BCUT2D eigenvalue weighted by Crippen LogP contribution is 2.34. The summed E-state index contributed by atoms with van der Waals surface area (Å²) in [6.45, 7) is 2.27. The Bertz CT molecular complexity index is 918. The van der Waals surface area contributed by atoms with Crippen LogP contribution in [0.15, 0.2) is 41.5 Å². The van der Waals surface area contributed by atoms with Crippen LogP contribution in [0.2, 0.25) is 0 Å². The van der Waals surface area contributed by atoms with Gasteiger partial charge in [0, 0.05) is 12.0 Å². The third-order valence-corrected chi connectivity index (χ3v) is 7.87. The van der Waals surface area contributed by atoms with Crippen molar-refractivity contribution in [3.05, 3.63) is 47.1 Å². The quantitative estimate of drug-likeness (QED) is 0.0833. The maximum Gasteiger partial charge on any atom is 0.343 e. The molecule has 1 saturated carbocycles. The summed E-state index contributed by atoms with van der Waals surface area (Å²) in [5.74, 6) is 0.597. The zero-order valence-corrected chi connectivity index (χ0v) is 23.9. The molecule has 0 spiro atoms. The van der Waals surface area contributed by atoms with Crippen LogP contribution in [0.3, 0.4) is 0 Å². The van der Waals surface area contributed by atoms with E-state index in [9.17, 15) is 9.59 Å². The number of benzene rings is 1. The van der Waals surface area contributed by atoms with Crippen LogP contribution >= 0.6 is 0 Å². The number of esters is 2. The molecule has 0 atom stereocenters. The fraction of sp³-hybridized carbons (Fsp3) is 0.647. The number of carbonyl (C=O) groups is 2. The molecular weight excluding hydrogens is 472 g/mol. The molecule has 1 aromatic carbocycles. The molecule has 1 fully saturated rings. The summed E-state index contributed by atoms with van der Waals surface area (Å²) in [7, 11) is 0. The summed E-state index contributed by atoms with van der Waals surface area (Å²) in [5, 5.41) is 0. The largest absolute Gasteiger partial charge is 0.427 e. The first-order chi connectivity index (χ1) is 18.7. The number of hydrogen-bond donors (Lipinski definition) is 0. The van der Waals surface area contributed by atoms with Gasteiger partial charge >= 0.3 is 11.9 Å². The Morgan fingerprint density at radius 2 is 1.37 bits per heavy atom. The molecular formula is C34H50O4. The van der Waals surface area contributed by atoms with Gasteiger partial charge in [0.05, 0.1) is 5.57 Å². The fourth-order valence-corrected chi connectivity index (χ4v) is 5.55. The van der Waals surface area contributed by atoms with Gasteiger partial charge < -0.3 is 9.47 Å². The topological polar surface area (TPSA) is 52.6 Å². The highest BCUT2D eigenvalue weighted by molar-refractivity contribution is 6.02. The Morgan fingerprint density at radius 3 is 1.97 bits per heavy atom. The van der Waals surface area contributed by atoms with Gasteiger partial charge in [0.2, 0.25) is 0 Å². The minimum Gasteiger partial charge on any atom is -0.427 e. The second-order valence-electron chi connectivity index (χ2n) is 11.2. The van der Waals surface area contributed by atoms with E-state index in [-0.39, 0.29) is 11.9 Å². The fourth-order valence-electron chi connectivity index (χ4n) is 5.55. The van der Waals surface area contributed by atoms with Crippen LogP contribution in [-0.2, 0) is 14.3 Å². The molecule has 38 heavy (non-hydrogen) atoms. The van der Waals surface area contributed by atoms with Gasteiger partial charge in [-0.2, -0.15) is 0 Å². The van der Waals surface area contributed by atoms with Crippen molar-refractivity contribution in [1.29, 1.82) is 0 Å². The lowest BCUT2D eigenvalue weighted by molar-refractivity contribution is -0.134. The summed E-state index contributed by atoms with van der Waals surface area (Å²) in [5.41, 5.74) is 2.69. The number of carbonyl (C=O) groups excluding carboxylic acids is 2. The molecule has 2 aliphatic rings. The van der Waals surface area contributed by atoms with Gasteiger partial charge in [0.15, 0.2) is 0 Å². The van der Waals surface area contributed by atoms with Crippen molar-refractivity contribution in [1.82, 2.24) is 0 Å². The van der Waals surface area contributed by atoms with Gasteiger partial charge in [0.25, 0.3) is 0 Å². The van der Waals surface area contributed by atoms with E-state index in [0.717, 1.165) is 49.7 Å². The number of unbranched alkanes of at least 4 members (excludes halogenated alkanes) is 14. The predicted octanol–water partition coefficient (Wildman–Crippen LogP) is 10.0. The summed E-state index contributed by atoms with van der Waals surface area (Å²) >= 11 is 0. The summed E-state index contributed by atoms with van der Waals surface area (Å²) in [6.07, 6.45) is 27.4. The van der Waals surface area contributed by atoms with Crippen molar-refractivity contribution in [2.24, 2.45) is 0 Å². The normalized spacial score (nSPS) is 15.5. The zero-order valence-electron chi connectivity index (χ0n) is 23.9. The van der Waals surface area contributed by atoms with Crippen LogP contribution in [0.4, 0.5) is 0 Å². The van der Waals surface area contributed by atoms with Gasteiger partial charge in [-0.3, -0.25) is 4.79 Å². The van der Waals surface area contributed by atoms with E-state index in [0.29, 0.717) is 17.9 Å². The molecule has 0 unspecified atom stereocenters. The van der Waals surface area contributed by atoms with E-state index in [1.165, 1.54) is 95.5 Å². The Labute approximate surface area is 231 Å². The molecule has 0 radical (unpaired) electrons. The average molecular weight is 523 g/mol. The van der Waals surface area contributed by atoms with Gasteiger partial charge in [-0.05, 0) is 50.3 Å². The third-order valence-electron chi connectivity index (χ3n) is 7.87. The number of ether oxygens (including phenoxy) is 2. The first-order valence-electron chi connectivity index (χ1n) is 15.6. The second-order valence-corrected chi connectivity index (χ2v) is 11.2. The SMILES string of the molecule is CCCCCCCCCCCCCCCCCC(=O)Oc1cccc(C2=CC(=C3CCCCC3)C(=O)O2)c1. The van der Waals surface area contributed by atoms with Crippen molar-refractivity contribution in [2.45, 2.75) is 142 Å². The lowest BCUT2D eigenvalue weighted by atomic mass is 9.91. The molecule has 0 amide bonds. The molecule has 1 aromatic rings. The monoisotopic (exact) mass is 522 g/mol. The van der Waals surface area contributed by atoms with Crippen molar-refractivity contribution in [3.8, 4) is 5.75 Å². The van der Waals surface area contributed by atoms with Crippen LogP contribution in [0.5, 0.6) is 5.75 Å². The van der Waals surface area contributed by atoms with Gasteiger partial charge in [0.1, 0.15) is 11.5 Å². The number of allylic oxidation sites excluding steroid dienone is 1. The first kappa shape index (κ1) is 30.2. The Balaban J connectivity index is 1.25. The third kappa shape index (κ3) is 11.2. The second kappa shape index (κ2) is 18.0. The van der Waals surface area contributed by atoms with Crippen LogP contribution < -0.4 is 4.74 Å². The molecule has 0 saturated heterocycles. The lowest BCUT2D eigenvalue weighted by Crippen LogP contribution is -2.07. The van der Waals surface area contributed by atoms with Crippen LogP contribution in [0.1, 0.15) is 147 Å². The molecule has 3 rings (SSSR count). The maximum atomic E-state index is 12.4. The predicted molar refractivity (Wildman–Crippen MR) is 156 cm³/mol. The highest BCUT2D eigenvalue weighted by atomic mass is 16.5. The van der Waals surface area contributed by atoms with E-state index in [4.69, 9.17) is 9.47 Å². The van der Waals surface area contributed by atoms with Gasteiger partial charge in [-0.15, -0.1) is 0 Å². The smallest absolute Gasteiger partial charge is 0.343 e. The summed E-state index contributed by atoms with van der Waals surface area (Å²) < 4.78 is 11.1. The Hall–Kier alpha value is -2.36. The first-order valence-corrected chi connectivity index (χ1v) is 15.6. The van der Waals surface area contributed by atoms with Gasteiger partial charge in [-0.1, -0.05) is 121 Å². The van der Waals surface area contributed by atoms with Crippen molar-refractivity contribution in [3.63, 3.8) is 0 Å². The average Bonchev–Trinajstić information content (AvgIpc) is 3.33. The standard InChI is InChI=1S/C34H50O4/c1-2-3-4-5-6-7-8-9-10-11-12-13-14-15-19-25-33(35)37-30-24-20-23-29(26-30)32-27-31(34(36)38-32)28-21-17-16-18-22-28/h20,23-24,26-27H,2-19,21-22,25H2,1H3. The molecule has 0 N–H and O–H groups in total. The highest BCUT2D eigenvalue weighted by Gasteiger charge is 2.26. The minimum atomic E-state index is -0.257. The van der Waals surface area contributed by atoms with Crippen LogP contribution in [0, 0.1) is 0 Å². The van der Waals surface area contributed by atoms with E-state index in [1.54, 1.807) is 12.1 Å². The van der Waals surface area contributed by atoms with Crippen molar-refractivity contribution >= 4 is 17.7 Å². The number of hydrogen-bond acceptors (Lipinski definition) is 4. The zero-order chi connectivity index (χ0) is 26.8. The van der Waals surface area contributed by atoms with Crippen molar-refractivity contribution in [2.75, 3.05) is 0 Å². The summed E-state index contributed by atoms with van der Waals surface area (Å²) in [4.78, 5) is 24.8. The molecule has 210 valence electrons. The van der Waals surface area contributed by atoms with Crippen LogP contribution in [-0.4, -0.2) is 11.9 Å². The lowest BCUT2D eigenvalue weighted by Gasteiger charge is -2.14. The van der Waals surface area contributed by atoms with Crippen LogP contribution in [0.25, 0.3) is 5.76 Å². The molecule has 0 bridgehead atoms. The minimum absolute atomic E-state index is 0.195. The Morgan fingerprint density at radius 1 is 0.789 bits per heavy atom. The molecule has 1 aliphatic carbocycles. The van der Waals surface area contributed by atoms with E-state index < -0.39 is 0 Å². The Kier molecular flexibility index (Phi) is 14.3. The van der Waals surface area contributed by atoms with E-state index >= 15 is 0 Å². The maximum absolute atomic E-state index is 12.4. The van der Waals surface area contributed by atoms with E-state index in [1.807, 2.05) is 18.2 Å². The molecule has 4 nitrogen and oxygen atoms in total. The van der Waals surface area contributed by atoms with Gasteiger partial charge in [-0.25, -0.2) is 4.79 Å². The molecule has 1 aliphatic heterocycles. The summed E-state index contributed by atoms with van der Waals surface area (Å²) in [6, 6.07) is 7.30. The molecule has 1 heterocycles. The number of rotatable bonds is 18. The van der Waals surface area contributed by atoms with E-state index in [2.05, 4.69) is 6.92 Å².